The zero-order valence-electron chi connectivity index (χ0n) is 10.8. The summed E-state index contributed by atoms with van der Waals surface area (Å²) in [6.07, 6.45) is 0. The largest absolute Gasteiger partial charge is 0.438 e. The van der Waals surface area contributed by atoms with Crippen LogP contribution in [-0.4, -0.2) is 9.97 Å². The number of ether oxygens (including phenoxy) is 1. The predicted octanol–water partition coefficient (Wildman–Crippen LogP) is 4.89. The Balaban J connectivity index is 2.07. The van der Waals surface area contributed by atoms with Crippen molar-refractivity contribution in [3.05, 3.63) is 45.8 Å². The SMILES string of the molecule is Cc1cc2c(Oc3ccc(C)c(F)c3)nc(Cl)nc2s1. The zero-order valence-corrected chi connectivity index (χ0v) is 12.3. The third kappa shape index (κ3) is 2.46. The molecule has 3 rings (SSSR count). The van der Waals surface area contributed by atoms with Gasteiger partial charge in [-0.15, -0.1) is 11.3 Å². The van der Waals surface area contributed by atoms with Gasteiger partial charge in [-0.3, -0.25) is 0 Å². The number of nitrogens with zero attached hydrogens (tertiary/aromatic N) is 2. The fourth-order valence-corrected chi connectivity index (χ4v) is 2.90. The van der Waals surface area contributed by atoms with Crippen molar-refractivity contribution in [2.24, 2.45) is 0 Å². The van der Waals surface area contributed by atoms with Crippen molar-refractivity contribution in [2.45, 2.75) is 13.8 Å². The van der Waals surface area contributed by atoms with Crippen molar-refractivity contribution in [1.82, 2.24) is 9.97 Å². The van der Waals surface area contributed by atoms with Gasteiger partial charge in [-0.2, -0.15) is 4.98 Å². The van der Waals surface area contributed by atoms with Crippen LogP contribution in [0.3, 0.4) is 0 Å². The van der Waals surface area contributed by atoms with Gasteiger partial charge in [0.25, 0.3) is 0 Å². The number of fused-ring (bicyclic) bond motifs is 1. The zero-order chi connectivity index (χ0) is 14.3. The lowest BCUT2D eigenvalue weighted by Gasteiger charge is -2.07. The Morgan fingerprint density at radius 2 is 2.00 bits per heavy atom. The molecule has 0 amide bonds. The maximum Gasteiger partial charge on any atom is 0.232 e. The van der Waals surface area contributed by atoms with E-state index < -0.39 is 0 Å². The van der Waals surface area contributed by atoms with Gasteiger partial charge in [-0.1, -0.05) is 6.07 Å². The molecule has 0 atom stereocenters. The van der Waals surface area contributed by atoms with Crippen molar-refractivity contribution in [3.8, 4) is 11.6 Å². The first-order chi connectivity index (χ1) is 9.52. The topological polar surface area (TPSA) is 35.0 Å². The first kappa shape index (κ1) is 13.3. The van der Waals surface area contributed by atoms with Crippen LogP contribution in [0, 0.1) is 19.7 Å². The van der Waals surface area contributed by atoms with Gasteiger partial charge in [0.2, 0.25) is 11.2 Å². The highest BCUT2D eigenvalue weighted by Crippen LogP contribution is 2.33. The highest BCUT2D eigenvalue weighted by molar-refractivity contribution is 7.18. The van der Waals surface area contributed by atoms with E-state index in [-0.39, 0.29) is 11.1 Å². The molecule has 0 bridgehead atoms. The molecule has 0 spiro atoms. The molecule has 1 aromatic carbocycles. The molecule has 0 saturated heterocycles. The minimum absolute atomic E-state index is 0.113. The third-order valence-electron chi connectivity index (χ3n) is 2.81. The molecule has 0 aliphatic carbocycles. The van der Waals surface area contributed by atoms with Gasteiger partial charge in [0.1, 0.15) is 16.4 Å². The van der Waals surface area contributed by atoms with Crippen LogP contribution in [0.4, 0.5) is 4.39 Å². The van der Waals surface area contributed by atoms with Crippen molar-refractivity contribution < 1.29 is 9.13 Å². The minimum atomic E-state index is -0.319. The first-order valence-corrected chi connectivity index (χ1v) is 7.10. The summed E-state index contributed by atoms with van der Waals surface area (Å²) in [6.45, 7) is 3.66. The van der Waals surface area contributed by atoms with Crippen LogP contribution in [0.25, 0.3) is 10.2 Å². The van der Waals surface area contributed by atoms with E-state index in [1.165, 1.54) is 17.4 Å². The molecule has 3 aromatic rings. The second kappa shape index (κ2) is 5.00. The summed E-state index contributed by atoms with van der Waals surface area (Å²) in [4.78, 5) is 10.1. The van der Waals surface area contributed by atoms with Crippen LogP contribution in [0.2, 0.25) is 5.28 Å². The maximum absolute atomic E-state index is 13.5. The van der Waals surface area contributed by atoms with E-state index in [4.69, 9.17) is 16.3 Å². The second-order valence-corrected chi connectivity index (χ2v) is 5.96. The van der Waals surface area contributed by atoms with E-state index in [9.17, 15) is 4.39 Å². The Bertz CT molecular complexity index is 803. The number of benzene rings is 1. The summed E-state index contributed by atoms with van der Waals surface area (Å²) >= 11 is 7.39. The normalized spacial score (nSPS) is 11.0. The molecule has 20 heavy (non-hydrogen) atoms. The summed E-state index contributed by atoms with van der Waals surface area (Å²) in [5.41, 5.74) is 0.564. The lowest BCUT2D eigenvalue weighted by Crippen LogP contribution is -1.92. The molecule has 2 aromatic heterocycles. The number of aromatic nitrogens is 2. The number of hydrogen-bond donors (Lipinski definition) is 0. The molecular formula is C14H10ClFN2OS. The first-order valence-electron chi connectivity index (χ1n) is 5.90. The maximum atomic E-state index is 13.5. The lowest BCUT2D eigenvalue weighted by atomic mass is 10.2. The molecule has 3 nitrogen and oxygen atoms in total. The van der Waals surface area contributed by atoms with Gasteiger partial charge in [0.05, 0.1) is 5.39 Å². The Morgan fingerprint density at radius 3 is 2.75 bits per heavy atom. The highest BCUT2D eigenvalue weighted by atomic mass is 35.5. The van der Waals surface area contributed by atoms with Crippen LogP contribution in [0.15, 0.2) is 24.3 Å². The van der Waals surface area contributed by atoms with Crippen molar-refractivity contribution >= 4 is 33.2 Å². The summed E-state index contributed by atoms with van der Waals surface area (Å²) in [7, 11) is 0. The second-order valence-electron chi connectivity index (χ2n) is 4.39. The summed E-state index contributed by atoms with van der Waals surface area (Å²) in [5, 5.41) is 0.889. The average Bonchev–Trinajstić information content (AvgIpc) is 2.74. The molecule has 6 heteroatoms. The molecule has 0 unspecified atom stereocenters. The van der Waals surface area contributed by atoms with Gasteiger partial charge in [0.15, 0.2) is 0 Å². The van der Waals surface area contributed by atoms with Gasteiger partial charge in [-0.05, 0) is 43.1 Å². The monoisotopic (exact) mass is 308 g/mol. The van der Waals surface area contributed by atoms with Crippen LogP contribution in [0.5, 0.6) is 11.6 Å². The van der Waals surface area contributed by atoms with E-state index in [0.29, 0.717) is 17.2 Å². The standard InChI is InChI=1S/C14H10ClFN2OS/c1-7-3-4-9(6-11(7)16)19-12-10-5-8(2)20-13(10)18-14(15)17-12/h3-6H,1-2H3. The van der Waals surface area contributed by atoms with Crippen LogP contribution < -0.4 is 4.74 Å². The minimum Gasteiger partial charge on any atom is -0.438 e. The fraction of sp³-hybridized carbons (Fsp3) is 0.143. The van der Waals surface area contributed by atoms with Gasteiger partial charge in [-0.25, -0.2) is 9.37 Å². The van der Waals surface area contributed by atoms with Gasteiger partial charge < -0.3 is 4.74 Å². The number of hydrogen-bond acceptors (Lipinski definition) is 4. The Hall–Kier alpha value is -1.72. The highest BCUT2D eigenvalue weighted by Gasteiger charge is 2.12. The predicted molar refractivity (Wildman–Crippen MR) is 78.4 cm³/mol. The van der Waals surface area contributed by atoms with E-state index in [2.05, 4.69) is 9.97 Å². The Labute approximate surface area is 124 Å². The van der Waals surface area contributed by atoms with E-state index in [1.807, 2.05) is 13.0 Å². The number of halogens is 2. The van der Waals surface area contributed by atoms with E-state index in [0.717, 1.165) is 15.1 Å². The molecule has 2 heterocycles. The Kier molecular flexibility index (Phi) is 3.31. The molecule has 0 fully saturated rings. The molecule has 0 saturated carbocycles. The molecule has 0 radical (unpaired) electrons. The Morgan fingerprint density at radius 1 is 1.20 bits per heavy atom. The van der Waals surface area contributed by atoms with Gasteiger partial charge >= 0.3 is 0 Å². The molecule has 0 aliphatic rings. The number of thiophene rings is 1. The molecule has 0 N–H and O–H groups in total. The third-order valence-corrected chi connectivity index (χ3v) is 3.92. The quantitative estimate of drug-likeness (QED) is 0.632. The van der Waals surface area contributed by atoms with Crippen LogP contribution in [0.1, 0.15) is 10.4 Å². The van der Waals surface area contributed by atoms with Crippen molar-refractivity contribution in [2.75, 3.05) is 0 Å². The van der Waals surface area contributed by atoms with Crippen molar-refractivity contribution in [1.29, 1.82) is 0 Å². The number of aryl methyl sites for hydroxylation is 2. The molecular weight excluding hydrogens is 299 g/mol. The summed E-state index contributed by atoms with van der Waals surface area (Å²) in [5.74, 6) is 0.404. The van der Waals surface area contributed by atoms with Crippen LogP contribution >= 0.6 is 22.9 Å². The van der Waals surface area contributed by atoms with Crippen LogP contribution in [-0.2, 0) is 0 Å². The van der Waals surface area contributed by atoms with Gasteiger partial charge in [0, 0.05) is 10.9 Å². The van der Waals surface area contributed by atoms with Crippen molar-refractivity contribution in [3.63, 3.8) is 0 Å². The summed E-state index contributed by atoms with van der Waals surface area (Å²) in [6, 6.07) is 6.61. The molecule has 0 aliphatic heterocycles. The number of rotatable bonds is 2. The average molecular weight is 309 g/mol. The lowest BCUT2D eigenvalue weighted by molar-refractivity contribution is 0.463. The molecule has 102 valence electrons. The van der Waals surface area contributed by atoms with E-state index >= 15 is 0 Å². The smallest absolute Gasteiger partial charge is 0.232 e. The van der Waals surface area contributed by atoms with E-state index in [1.54, 1.807) is 19.1 Å². The fourth-order valence-electron chi connectivity index (χ4n) is 1.82. The summed E-state index contributed by atoms with van der Waals surface area (Å²) < 4.78 is 19.2.